The molecule has 0 unspecified atom stereocenters. The van der Waals surface area contributed by atoms with Crippen molar-refractivity contribution in [1.29, 1.82) is 0 Å². The second kappa shape index (κ2) is 7.54. The number of aryl methyl sites for hydroxylation is 1. The number of piperazine rings is 1. The molecule has 2 heterocycles. The van der Waals surface area contributed by atoms with Crippen molar-refractivity contribution in [3.8, 4) is 0 Å². The Labute approximate surface area is 154 Å². The highest BCUT2D eigenvalue weighted by Crippen LogP contribution is 2.21. The molecular weight excluding hydrogens is 363 g/mol. The fraction of sp³-hybridized carbons (Fsp3) is 0.333. The number of carbonyl (C=O) groups is 2. The normalized spacial score (nSPS) is 14.7. The van der Waals surface area contributed by atoms with Crippen LogP contribution in [-0.4, -0.2) is 47.8 Å². The third-order valence-corrected chi connectivity index (χ3v) is 5.51. The summed E-state index contributed by atoms with van der Waals surface area (Å²) in [6.45, 7) is 3.66. The van der Waals surface area contributed by atoms with Crippen LogP contribution in [0.2, 0.25) is 5.02 Å². The fourth-order valence-corrected chi connectivity index (χ4v) is 4.02. The highest BCUT2D eigenvalue weighted by molar-refractivity contribution is 7.12. The number of nitrogens with zero attached hydrogens (tertiary/aromatic N) is 2. The lowest BCUT2D eigenvalue weighted by Gasteiger charge is -2.34. The van der Waals surface area contributed by atoms with Crippen LogP contribution in [0.3, 0.4) is 0 Å². The summed E-state index contributed by atoms with van der Waals surface area (Å²) in [5.41, 5.74) is 1.02. The third-order valence-electron chi connectivity index (χ3n) is 4.33. The van der Waals surface area contributed by atoms with Gasteiger partial charge in [0.25, 0.3) is 11.8 Å². The predicted molar refractivity (Wildman–Crippen MR) is 96.9 cm³/mol. The fourth-order valence-electron chi connectivity index (χ4n) is 2.89. The Morgan fingerprint density at radius 3 is 2.40 bits per heavy atom. The molecule has 1 aromatic heterocycles. The van der Waals surface area contributed by atoms with Crippen LogP contribution in [0, 0.1) is 5.82 Å². The van der Waals surface area contributed by atoms with E-state index in [0.29, 0.717) is 31.2 Å². The zero-order valence-electron chi connectivity index (χ0n) is 13.8. The van der Waals surface area contributed by atoms with Gasteiger partial charge in [0.05, 0.1) is 10.4 Å². The van der Waals surface area contributed by atoms with Crippen LogP contribution in [0.4, 0.5) is 4.39 Å². The molecule has 0 bridgehead atoms. The number of halogens is 2. The predicted octanol–water partition coefficient (Wildman–Crippen LogP) is 3.70. The van der Waals surface area contributed by atoms with Crippen LogP contribution in [0.5, 0.6) is 0 Å². The van der Waals surface area contributed by atoms with E-state index in [2.05, 4.69) is 0 Å². The average Bonchev–Trinajstić information content (AvgIpc) is 3.11. The number of thiophene rings is 1. The average molecular weight is 381 g/mol. The summed E-state index contributed by atoms with van der Waals surface area (Å²) in [5, 5.41) is 2.25. The molecule has 0 spiro atoms. The first-order valence-electron chi connectivity index (χ1n) is 8.11. The lowest BCUT2D eigenvalue weighted by Crippen LogP contribution is -2.50. The molecule has 7 heteroatoms. The van der Waals surface area contributed by atoms with E-state index in [0.717, 1.165) is 16.9 Å². The van der Waals surface area contributed by atoms with Crippen molar-refractivity contribution in [2.45, 2.75) is 13.3 Å². The quantitative estimate of drug-likeness (QED) is 0.814. The van der Waals surface area contributed by atoms with E-state index in [9.17, 15) is 14.0 Å². The number of benzene rings is 1. The van der Waals surface area contributed by atoms with Crippen molar-refractivity contribution in [3.05, 3.63) is 56.5 Å². The molecule has 0 aliphatic carbocycles. The lowest BCUT2D eigenvalue weighted by atomic mass is 10.1. The first-order valence-corrected chi connectivity index (χ1v) is 9.37. The Morgan fingerprint density at radius 1 is 1.12 bits per heavy atom. The molecule has 2 aromatic rings. The minimum absolute atomic E-state index is 0.00730. The van der Waals surface area contributed by atoms with Crippen molar-refractivity contribution < 1.29 is 14.0 Å². The summed E-state index contributed by atoms with van der Waals surface area (Å²) in [4.78, 5) is 29.2. The summed E-state index contributed by atoms with van der Waals surface area (Å²) < 4.78 is 13.9. The van der Waals surface area contributed by atoms with Crippen LogP contribution < -0.4 is 0 Å². The smallest absolute Gasteiger partial charge is 0.264 e. The van der Waals surface area contributed by atoms with Gasteiger partial charge in [-0.2, -0.15) is 0 Å². The molecule has 1 aliphatic heterocycles. The first-order chi connectivity index (χ1) is 12.0. The monoisotopic (exact) mass is 380 g/mol. The standard InChI is InChI=1S/C18H18ClFN2O2S/c1-2-12-5-10-25-16(12)18(24)22-8-6-21(7-9-22)17(23)14-11-13(19)3-4-15(14)20/h3-5,10-11H,2,6-9H2,1H3. The molecule has 4 nitrogen and oxygen atoms in total. The SMILES string of the molecule is CCc1ccsc1C(=O)N1CCN(C(=O)c2cc(Cl)ccc2F)CC1. The van der Waals surface area contributed by atoms with Gasteiger partial charge in [-0.05, 0) is 41.6 Å². The van der Waals surface area contributed by atoms with Gasteiger partial charge in [0.1, 0.15) is 5.82 Å². The van der Waals surface area contributed by atoms with E-state index >= 15 is 0 Å². The van der Waals surface area contributed by atoms with E-state index in [-0.39, 0.29) is 11.5 Å². The highest BCUT2D eigenvalue weighted by Gasteiger charge is 2.28. The Bertz CT molecular complexity index is 800. The highest BCUT2D eigenvalue weighted by atomic mass is 35.5. The minimum atomic E-state index is -0.584. The Balaban J connectivity index is 1.66. The molecule has 3 rings (SSSR count). The topological polar surface area (TPSA) is 40.6 Å². The van der Waals surface area contributed by atoms with Crippen molar-refractivity contribution in [2.75, 3.05) is 26.2 Å². The summed E-state index contributed by atoms with van der Waals surface area (Å²) in [5.74, 6) is -0.968. The molecule has 1 fully saturated rings. The summed E-state index contributed by atoms with van der Waals surface area (Å²) >= 11 is 7.31. The van der Waals surface area contributed by atoms with Crippen LogP contribution in [-0.2, 0) is 6.42 Å². The molecule has 2 amide bonds. The van der Waals surface area contributed by atoms with Crippen LogP contribution in [0.15, 0.2) is 29.6 Å². The summed E-state index contributed by atoms with van der Waals surface area (Å²) in [6.07, 6.45) is 0.817. The summed E-state index contributed by atoms with van der Waals surface area (Å²) in [7, 11) is 0. The zero-order chi connectivity index (χ0) is 18.0. The molecule has 132 valence electrons. The Hall–Kier alpha value is -1.92. The van der Waals surface area contributed by atoms with Gasteiger partial charge in [0, 0.05) is 31.2 Å². The minimum Gasteiger partial charge on any atom is -0.335 e. The van der Waals surface area contributed by atoms with Crippen molar-refractivity contribution in [3.63, 3.8) is 0 Å². The van der Waals surface area contributed by atoms with Crippen molar-refractivity contribution >= 4 is 34.8 Å². The first kappa shape index (κ1) is 17.9. The maximum absolute atomic E-state index is 13.9. The van der Waals surface area contributed by atoms with E-state index in [4.69, 9.17) is 11.6 Å². The van der Waals surface area contributed by atoms with Gasteiger partial charge < -0.3 is 9.80 Å². The van der Waals surface area contributed by atoms with Crippen molar-refractivity contribution in [2.24, 2.45) is 0 Å². The number of rotatable bonds is 3. The van der Waals surface area contributed by atoms with Gasteiger partial charge in [-0.25, -0.2) is 4.39 Å². The van der Waals surface area contributed by atoms with E-state index in [1.165, 1.54) is 29.5 Å². The second-order valence-electron chi connectivity index (χ2n) is 5.84. The van der Waals surface area contributed by atoms with Crippen LogP contribution in [0.1, 0.15) is 32.5 Å². The zero-order valence-corrected chi connectivity index (χ0v) is 15.4. The molecule has 0 N–H and O–H groups in total. The van der Waals surface area contributed by atoms with E-state index < -0.39 is 11.7 Å². The molecule has 25 heavy (non-hydrogen) atoms. The van der Waals surface area contributed by atoms with E-state index in [1.807, 2.05) is 18.4 Å². The Kier molecular flexibility index (Phi) is 5.39. The van der Waals surface area contributed by atoms with Gasteiger partial charge in [0.15, 0.2) is 0 Å². The lowest BCUT2D eigenvalue weighted by molar-refractivity contribution is 0.0535. The van der Waals surface area contributed by atoms with Crippen LogP contribution >= 0.6 is 22.9 Å². The molecule has 1 aromatic carbocycles. The molecule has 0 radical (unpaired) electrons. The van der Waals surface area contributed by atoms with E-state index in [1.54, 1.807) is 9.80 Å². The summed E-state index contributed by atoms with van der Waals surface area (Å²) in [6, 6.07) is 5.92. The maximum Gasteiger partial charge on any atom is 0.264 e. The van der Waals surface area contributed by atoms with Crippen LogP contribution in [0.25, 0.3) is 0 Å². The molecule has 1 aliphatic rings. The molecular formula is C18H18ClFN2O2S. The number of hydrogen-bond donors (Lipinski definition) is 0. The van der Waals surface area contributed by atoms with Gasteiger partial charge in [0.2, 0.25) is 0 Å². The number of carbonyl (C=O) groups excluding carboxylic acids is 2. The largest absolute Gasteiger partial charge is 0.335 e. The molecule has 0 atom stereocenters. The number of hydrogen-bond acceptors (Lipinski definition) is 3. The molecule has 0 saturated carbocycles. The second-order valence-corrected chi connectivity index (χ2v) is 7.19. The van der Waals surface area contributed by atoms with Gasteiger partial charge in [-0.3, -0.25) is 9.59 Å². The third kappa shape index (κ3) is 3.70. The maximum atomic E-state index is 13.9. The van der Waals surface area contributed by atoms with Gasteiger partial charge >= 0.3 is 0 Å². The Morgan fingerprint density at radius 2 is 1.76 bits per heavy atom. The number of amides is 2. The van der Waals surface area contributed by atoms with Crippen molar-refractivity contribution in [1.82, 2.24) is 9.80 Å². The molecule has 1 saturated heterocycles. The van der Waals surface area contributed by atoms with Gasteiger partial charge in [-0.15, -0.1) is 11.3 Å². The van der Waals surface area contributed by atoms with Gasteiger partial charge in [-0.1, -0.05) is 18.5 Å².